The second-order valence-electron chi connectivity index (χ2n) is 13.0. The molecular weight excluding hydrogens is 512 g/mol. The fourth-order valence-electron chi connectivity index (χ4n) is 8.35. The molecule has 7 aliphatic carbocycles. The van der Waals surface area contributed by atoms with Crippen molar-refractivity contribution in [3.05, 3.63) is 12.2 Å². The van der Waals surface area contributed by atoms with Gasteiger partial charge in [0.1, 0.15) is 24.4 Å². The summed E-state index contributed by atoms with van der Waals surface area (Å²) in [4.78, 5) is 55.3. The molecule has 0 aromatic heterocycles. The largest absolute Gasteiger partial charge is 0.462 e. The number of rotatable bonds is 8. The summed E-state index contributed by atoms with van der Waals surface area (Å²) in [7, 11) is 0. The maximum Gasteiger partial charge on any atom is 0.310 e. The van der Waals surface area contributed by atoms with Crippen LogP contribution in [0.2, 0.25) is 0 Å². The maximum absolute atomic E-state index is 13.8. The average molecular weight is 557 g/mol. The maximum atomic E-state index is 13.8. The zero-order valence-electron chi connectivity index (χ0n) is 23.5. The highest BCUT2D eigenvalue weighted by atomic mass is 16.6. The first-order valence-corrected chi connectivity index (χ1v) is 16.0. The van der Waals surface area contributed by atoms with Gasteiger partial charge in [0.15, 0.2) is 0 Å². The van der Waals surface area contributed by atoms with Crippen LogP contribution < -0.4 is 0 Å². The van der Waals surface area contributed by atoms with Crippen LogP contribution in [-0.2, 0) is 38.1 Å². The Hall–Kier alpha value is -2.38. The van der Waals surface area contributed by atoms with Crippen LogP contribution in [-0.4, -0.2) is 48.3 Å². The second kappa shape index (κ2) is 12.2. The molecule has 0 aromatic rings. The molecule has 0 amide bonds. The van der Waals surface area contributed by atoms with Gasteiger partial charge in [-0.3, -0.25) is 19.2 Å². The van der Waals surface area contributed by atoms with Gasteiger partial charge in [0.2, 0.25) is 0 Å². The number of esters is 4. The topological polar surface area (TPSA) is 105 Å². The summed E-state index contributed by atoms with van der Waals surface area (Å²) in [5.41, 5.74) is 0. The molecule has 5 fully saturated rings. The lowest BCUT2D eigenvalue weighted by atomic mass is 9.53. The summed E-state index contributed by atoms with van der Waals surface area (Å²) in [5, 5.41) is 0. The monoisotopic (exact) mass is 556 g/mol. The van der Waals surface area contributed by atoms with Crippen LogP contribution in [0, 0.1) is 35.5 Å². The third-order valence-electron chi connectivity index (χ3n) is 10.4. The molecule has 2 bridgehead atoms. The molecule has 4 atom stereocenters. The van der Waals surface area contributed by atoms with Gasteiger partial charge in [0.05, 0.1) is 23.7 Å². The van der Waals surface area contributed by atoms with Gasteiger partial charge in [0.25, 0.3) is 0 Å². The molecular formula is C32H44O8. The van der Waals surface area contributed by atoms with Crippen LogP contribution >= 0.6 is 0 Å². The zero-order chi connectivity index (χ0) is 27.6. The first-order chi connectivity index (χ1) is 19.5. The van der Waals surface area contributed by atoms with Crippen LogP contribution in [0.15, 0.2) is 12.2 Å². The summed E-state index contributed by atoms with van der Waals surface area (Å²) in [5.74, 6) is -6.75. The Morgan fingerprint density at radius 1 is 0.375 bits per heavy atom. The number of allylic oxidation sites excluding steroid dienone is 2. The molecule has 40 heavy (non-hydrogen) atoms. The van der Waals surface area contributed by atoms with E-state index in [0.29, 0.717) is 0 Å². The number of carbonyl (C=O) groups excluding carboxylic acids is 4. The highest BCUT2D eigenvalue weighted by Crippen LogP contribution is 2.54. The Balaban J connectivity index is 1.31. The van der Waals surface area contributed by atoms with E-state index in [1.165, 1.54) is 0 Å². The fraction of sp³-hybridized carbons (Fsp3) is 0.812. The van der Waals surface area contributed by atoms with E-state index in [2.05, 4.69) is 0 Å². The van der Waals surface area contributed by atoms with Crippen LogP contribution in [0.1, 0.15) is 103 Å². The number of hydrogen-bond donors (Lipinski definition) is 0. The Labute approximate surface area is 236 Å². The third-order valence-corrected chi connectivity index (χ3v) is 10.4. The van der Waals surface area contributed by atoms with Crippen LogP contribution in [0.4, 0.5) is 0 Å². The van der Waals surface area contributed by atoms with E-state index in [4.69, 9.17) is 18.9 Å². The molecule has 0 heterocycles. The summed E-state index contributed by atoms with van der Waals surface area (Å²) in [6.45, 7) is 0. The summed E-state index contributed by atoms with van der Waals surface area (Å²) in [6.07, 6.45) is 17.5. The van der Waals surface area contributed by atoms with E-state index in [9.17, 15) is 19.2 Å². The van der Waals surface area contributed by atoms with Crippen molar-refractivity contribution in [1.82, 2.24) is 0 Å². The second-order valence-corrected chi connectivity index (χ2v) is 13.0. The Morgan fingerprint density at radius 2 is 0.575 bits per heavy atom. The van der Waals surface area contributed by atoms with Crippen LogP contribution in [0.3, 0.4) is 0 Å². The molecule has 4 unspecified atom stereocenters. The van der Waals surface area contributed by atoms with Gasteiger partial charge >= 0.3 is 23.9 Å². The van der Waals surface area contributed by atoms with Gasteiger partial charge in [-0.2, -0.15) is 0 Å². The first kappa shape index (κ1) is 27.8. The first-order valence-electron chi connectivity index (χ1n) is 16.0. The molecule has 0 spiro atoms. The number of ether oxygens (including phenoxy) is 4. The SMILES string of the molecule is O=C(OC1CCCC1)C1C2C=CC(C1C(=O)OC1CCCC1)C(C(=O)OC1CCCC1)C2C(=O)OC1CCCC1. The van der Waals surface area contributed by atoms with Gasteiger partial charge in [-0.25, -0.2) is 0 Å². The van der Waals surface area contributed by atoms with Crippen molar-refractivity contribution in [2.45, 2.75) is 127 Å². The predicted octanol–water partition coefficient (Wildman–Crippen LogP) is 5.21. The highest BCUT2D eigenvalue weighted by Gasteiger charge is 2.63. The standard InChI is InChI=1S/C32H44O8/c33-29(37-19-9-1-2-10-19)25-23-17-18-24(26(25)30(34)38-20-11-3-4-12-20)28(32(36)40-22-15-7-8-16-22)27(23)31(35)39-21-13-5-6-14-21/h17-28H,1-16H2. The highest BCUT2D eigenvalue weighted by molar-refractivity contribution is 5.90. The number of hydrogen-bond acceptors (Lipinski definition) is 8. The molecule has 0 saturated heterocycles. The molecule has 220 valence electrons. The smallest absolute Gasteiger partial charge is 0.310 e. The molecule has 0 radical (unpaired) electrons. The van der Waals surface area contributed by atoms with Crippen molar-refractivity contribution < 1.29 is 38.1 Å². The van der Waals surface area contributed by atoms with Gasteiger partial charge in [-0.05, 0) is 103 Å². The molecule has 8 nitrogen and oxygen atoms in total. The Kier molecular flexibility index (Phi) is 8.50. The van der Waals surface area contributed by atoms with Crippen molar-refractivity contribution in [2.75, 3.05) is 0 Å². The zero-order valence-corrected chi connectivity index (χ0v) is 23.5. The summed E-state index contributed by atoms with van der Waals surface area (Å²) >= 11 is 0. The van der Waals surface area contributed by atoms with E-state index in [0.717, 1.165) is 103 Å². The van der Waals surface area contributed by atoms with E-state index in [1.54, 1.807) is 0 Å². The summed E-state index contributed by atoms with van der Waals surface area (Å²) in [6, 6.07) is 0. The van der Waals surface area contributed by atoms with Crippen molar-refractivity contribution in [3.8, 4) is 0 Å². The molecule has 8 heteroatoms. The van der Waals surface area contributed by atoms with Crippen molar-refractivity contribution in [1.29, 1.82) is 0 Å². The minimum Gasteiger partial charge on any atom is -0.462 e. The lowest BCUT2D eigenvalue weighted by Gasteiger charge is -2.49. The molecule has 7 aliphatic rings. The lowest BCUT2D eigenvalue weighted by molar-refractivity contribution is -0.191. The molecule has 7 rings (SSSR count). The Morgan fingerprint density at radius 3 is 0.775 bits per heavy atom. The van der Waals surface area contributed by atoms with E-state index in [1.807, 2.05) is 12.2 Å². The summed E-state index contributed by atoms with van der Waals surface area (Å²) < 4.78 is 23.9. The molecule has 0 aromatic carbocycles. The van der Waals surface area contributed by atoms with Gasteiger partial charge < -0.3 is 18.9 Å². The number of fused-ring (bicyclic) bond motifs is 2. The lowest BCUT2D eigenvalue weighted by Crippen LogP contribution is -2.59. The van der Waals surface area contributed by atoms with E-state index < -0.39 is 59.4 Å². The van der Waals surface area contributed by atoms with Crippen molar-refractivity contribution in [3.63, 3.8) is 0 Å². The minimum absolute atomic E-state index is 0.171. The molecule has 0 aliphatic heterocycles. The molecule has 5 saturated carbocycles. The van der Waals surface area contributed by atoms with Gasteiger partial charge in [-0.1, -0.05) is 12.2 Å². The average Bonchev–Trinajstić information content (AvgIpc) is 3.77. The quantitative estimate of drug-likeness (QED) is 0.228. The van der Waals surface area contributed by atoms with Gasteiger partial charge in [0, 0.05) is 11.8 Å². The van der Waals surface area contributed by atoms with Crippen molar-refractivity contribution in [2.24, 2.45) is 35.5 Å². The van der Waals surface area contributed by atoms with Gasteiger partial charge in [-0.15, -0.1) is 0 Å². The van der Waals surface area contributed by atoms with Crippen LogP contribution in [0.25, 0.3) is 0 Å². The minimum atomic E-state index is -0.888. The van der Waals surface area contributed by atoms with Crippen molar-refractivity contribution >= 4 is 23.9 Å². The number of carbonyl (C=O) groups is 4. The molecule has 0 N–H and O–H groups in total. The van der Waals surface area contributed by atoms with E-state index in [-0.39, 0.29) is 24.4 Å². The normalized spacial score (nSPS) is 34.8. The van der Waals surface area contributed by atoms with E-state index >= 15 is 0 Å². The van der Waals surface area contributed by atoms with Crippen LogP contribution in [0.5, 0.6) is 0 Å². The predicted molar refractivity (Wildman–Crippen MR) is 143 cm³/mol. The third kappa shape index (κ3) is 5.69. The fourth-order valence-corrected chi connectivity index (χ4v) is 8.35. The Bertz CT molecular complexity index is 831.